The van der Waals surface area contributed by atoms with Crippen molar-refractivity contribution in [3.63, 3.8) is 0 Å². The highest BCUT2D eigenvalue weighted by Gasteiger charge is 2.08. The van der Waals surface area contributed by atoms with Crippen LogP contribution in [-0.2, 0) is 0 Å². The molecule has 0 saturated carbocycles. The van der Waals surface area contributed by atoms with Gasteiger partial charge in [-0.15, -0.1) is 0 Å². The summed E-state index contributed by atoms with van der Waals surface area (Å²) in [5, 5.41) is 11.6. The van der Waals surface area contributed by atoms with E-state index in [1.807, 2.05) is 25.1 Å². The van der Waals surface area contributed by atoms with Gasteiger partial charge in [0.25, 0.3) is 0 Å². The third kappa shape index (κ3) is 3.14. The number of methoxy groups -OCH3 is 1. The fourth-order valence-electron chi connectivity index (χ4n) is 1.25. The summed E-state index contributed by atoms with van der Waals surface area (Å²) in [4.78, 5) is 0. The second-order valence-electron chi connectivity index (χ2n) is 3.44. The van der Waals surface area contributed by atoms with Crippen molar-refractivity contribution in [3.05, 3.63) is 23.8 Å². The molecular formula is C12H16N2O2. The Hall–Kier alpha value is -1.73. The van der Waals surface area contributed by atoms with E-state index in [0.29, 0.717) is 18.1 Å². The van der Waals surface area contributed by atoms with Crippen LogP contribution in [0.4, 0.5) is 0 Å². The Labute approximate surface area is 95.8 Å². The minimum absolute atomic E-state index is 0.298. The van der Waals surface area contributed by atoms with Crippen molar-refractivity contribution in [1.29, 1.82) is 5.26 Å². The maximum absolute atomic E-state index is 8.75. The highest BCUT2D eigenvalue weighted by Crippen LogP contribution is 2.27. The fraction of sp³-hybridized carbons (Fsp3) is 0.417. The average molecular weight is 220 g/mol. The van der Waals surface area contributed by atoms with Crippen molar-refractivity contribution in [1.82, 2.24) is 5.32 Å². The van der Waals surface area contributed by atoms with Crippen molar-refractivity contribution in [3.8, 4) is 17.6 Å². The summed E-state index contributed by atoms with van der Waals surface area (Å²) in [6.07, 6.45) is 0. The second-order valence-corrected chi connectivity index (χ2v) is 3.44. The second kappa shape index (κ2) is 5.99. The largest absolute Gasteiger partial charge is 0.493 e. The lowest BCUT2D eigenvalue weighted by atomic mass is 10.2. The molecule has 0 radical (unpaired) electrons. The Morgan fingerprint density at radius 1 is 1.44 bits per heavy atom. The molecule has 0 bridgehead atoms. The van der Waals surface area contributed by atoms with Crippen molar-refractivity contribution in [2.75, 3.05) is 20.8 Å². The lowest BCUT2D eigenvalue weighted by Gasteiger charge is -2.13. The van der Waals surface area contributed by atoms with E-state index < -0.39 is 0 Å². The molecule has 1 aromatic carbocycles. The number of hydrogen-bond donors (Lipinski definition) is 1. The van der Waals surface area contributed by atoms with Gasteiger partial charge in [0, 0.05) is 0 Å². The van der Waals surface area contributed by atoms with Gasteiger partial charge < -0.3 is 14.8 Å². The van der Waals surface area contributed by atoms with Crippen LogP contribution in [0.15, 0.2) is 18.2 Å². The molecule has 4 nitrogen and oxygen atoms in total. The van der Waals surface area contributed by atoms with E-state index in [9.17, 15) is 0 Å². The van der Waals surface area contributed by atoms with Gasteiger partial charge >= 0.3 is 0 Å². The number of ether oxygens (including phenoxy) is 2. The predicted molar refractivity (Wildman–Crippen MR) is 61.7 cm³/mol. The van der Waals surface area contributed by atoms with Crippen molar-refractivity contribution in [2.24, 2.45) is 0 Å². The molecule has 1 atom stereocenters. The van der Waals surface area contributed by atoms with Crippen LogP contribution in [0.1, 0.15) is 5.56 Å². The molecule has 1 unspecified atom stereocenters. The first kappa shape index (κ1) is 12.3. The van der Waals surface area contributed by atoms with E-state index in [0.717, 1.165) is 5.56 Å². The number of nitriles is 1. The molecule has 1 rings (SSSR count). The Morgan fingerprint density at radius 3 is 2.75 bits per heavy atom. The lowest BCUT2D eigenvalue weighted by molar-refractivity contribution is 0.277. The van der Waals surface area contributed by atoms with E-state index in [1.165, 1.54) is 0 Å². The maximum atomic E-state index is 8.75. The SMILES string of the molecule is CNC(C#N)COc1ccc(C)cc1OC. The molecule has 16 heavy (non-hydrogen) atoms. The number of nitrogens with one attached hydrogen (secondary N) is 1. The quantitative estimate of drug-likeness (QED) is 0.817. The van der Waals surface area contributed by atoms with Crippen LogP contribution in [0.3, 0.4) is 0 Å². The van der Waals surface area contributed by atoms with Crippen LogP contribution in [-0.4, -0.2) is 26.8 Å². The highest BCUT2D eigenvalue weighted by atomic mass is 16.5. The number of benzene rings is 1. The van der Waals surface area contributed by atoms with Crippen LogP contribution < -0.4 is 14.8 Å². The Kier molecular flexibility index (Phi) is 4.62. The van der Waals surface area contributed by atoms with Crippen molar-refractivity contribution >= 4 is 0 Å². The highest BCUT2D eigenvalue weighted by molar-refractivity contribution is 5.42. The molecule has 0 aliphatic heterocycles. The zero-order valence-electron chi connectivity index (χ0n) is 9.78. The maximum Gasteiger partial charge on any atom is 0.161 e. The van der Waals surface area contributed by atoms with Gasteiger partial charge in [0.1, 0.15) is 12.6 Å². The minimum Gasteiger partial charge on any atom is -0.493 e. The third-order valence-electron chi connectivity index (χ3n) is 2.23. The predicted octanol–water partition coefficient (Wildman–Crippen LogP) is 1.49. The van der Waals surface area contributed by atoms with Crippen LogP contribution in [0.5, 0.6) is 11.5 Å². The first-order valence-electron chi connectivity index (χ1n) is 5.05. The molecule has 0 spiro atoms. The summed E-state index contributed by atoms with van der Waals surface area (Å²) < 4.78 is 10.7. The van der Waals surface area contributed by atoms with Gasteiger partial charge in [-0.1, -0.05) is 6.07 Å². The summed E-state index contributed by atoms with van der Waals surface area (Å²) >= 11 is 0. The molecule has 0 aromatic heterocycles. The number of rotatable bonds is 5. The summed E-state index contributed by atoms with van der Waals surface area (Å²) in [7, 11) is 3.32. The van der Waals surface area contributed by atoms with Gasteiger partial charge in [0.15, 0.2) is 11.5 Å². The van der Waals surface area contributed by atoms with Crippen LogP contribution in [0.2, 0.25) is 0 Å². The molecule has 0 saturated heterocycles. The Balaban J connectivity index is 2.70. The molecule has 86 valence electrons. The van der Waals surface area contributed by atoms with Gasteiger partial charge in [-0.2, -0.15) is 5.26 Å². The van der Waals surface area contributed by atoms with Gasteiger partial charge in [-0.3, -0.25) is 0 Å². The molecule has 0 fully saturated rings. The van der Waals surface area contributed by atoms with Gasteiger partial charge in [-0.05, 0) is 31.7 Å². The standard InChI is InChI=1S/C12H16N2O2/c1-9-4-5-11(12(6-9)15-3)16-8-10(7-13)14-2/h4-6,10,14H,8H2,1-3H3. The summed E-state index contributed by atoms with van der Waals surface area (Å²) in [6.45, 7) is 2.28. The zero-order chi connectivity index (χ0) is 12.0. The van der Waals surface area contributed by atoms with E-state index in [2.05, 4.69) is 11.4 Å². The summed E-state index contributed by atoms with van der Waals surface area (Å²) in [5.74, 6) is 1.34. The van der Waals surface area contributed by atoms with E-state index >= 15 is 0 Å². The fourth-order valence-corrected chi connectivity index (χ4v) is 1.25. The van der Waals surface area contributed by atoms with Gasteiger partial charge in [-0.25, -0.2) is 0 Å². The first-order chi connectivity index (χ1) is 7.71. The normalized spacial score (nSPS) is 11.6. The molecule has 0 aliphatic carbocycles. The van der Waals surface area contributed by atoms with E-state index in [1.54, 1.807) is 14.2 Å². The molecular weight excluding hydrogens is 204 g/mol. The molecule has 0 heterocycles. The van der Waals surface area contributed by atoms with E-state index in [-0.39, 0.29) is 6.04 Å². The summed E-state index contributed by atoms with van der Waals surface area (Å²) in [5.41, 5.74) is 1.11. The lowest BCUT2D eigenvalue weighted by Crippen LogP contribution is -2.29. The Morgan fingerprint density at radius 2 is 2.19 bits per heavy atom. The van der Waals surface area contributed by atoms with Crippen LogP contribution >= 0.6 is 0 Å². The topological polar surface area (TPSA) is 54.3 Å². The molecule has 1 N–H and O–H groups in total. The molecule has 4 heteroatoms. The first-order valence-corrected chi connectivity index (χ1v) is 5.05. The Bertz CT molecular complexity index is 385. The van der Waals surface area contributed by atoms with Gasteiger partial charge in [0.05, 0.1) is 13.2 Å². The van der Waals surface area contributed by atoms with Crippen LogP contribution in [0.25, 0.3) is 0 Å². The van der Waals surface area contributed by atoms with Gasteiger partial charge in [0.2, 0.25) is 0 Å². The van der Waals surface area contributed by atoms with Crippen molar-refractivity contribution < 1.29 is 9.47 Å². The molecule has 1 aromatic rings. The van der Waals surface area contributed by atoms with E-state index in [4.69, 9.17) is 14.7 Å². The average Bonchev–Trinajstić information content (AvgIpc) is 2.31. The van der Waals surface area contributed by atoms with Crippen LogP contribution in [0, 0.1) is 18.3 Å². The van der Waals surface area contributed by atoms with Crippen molar-refractivity contribution in [2.45, 2.75) is 13.0 Å². The smallest absolute Gasteiger partial charge is 0.161 e. The molecule has 0 amide bonds. The number of nitrogens with zero attached hydrogens (tertiary/aromatic N) is 1. The number of hydrogen-bond acceptors (Lipinski definition) is 4. The molecule has 0 aliphatic rings. The monoisotopic (exact) mass is 220 g/mol. The zero-order valence-corrected chi connectivity index (χ0v) is 9.78. The number of aryl methyl sites for hydroxylation is 1. The number of likely N-dealkylation sites (N-methyl/N-ethyl adjacent to an activating group) is 1. The summed E-state index contributed by atoms with van der Waals surface area (Å²) in [6, 6.07) is 7.47. The third-order valence-corrected chi connectivity index (χ3v) is 2.23. The minimum atomic E-state index is -0.314.